The number of thiocarbonyl (C=S) groups is 1. The zero-order chi connectivity index (χ0) is 17.0. The van der Waals surface area contributed by atoms with E-state index in [1.807, 2.05) is 6.92 Å². The number of nitrogens with two attached hydrogens (primary N) is 1. The summed E-state index contributed by atoms with van der Waals surface area (Å²) >= 11 is 11.2. The van der Waals surface area contributed by atoms with Gasteiger partial charge in [0, 0.05) is 17.8 Å². The van der Waals surface area contributed by atoms with Crippen LogP contribution >= 0.6 is 23.8 Å². The number of primary amides is 1. The summed E-state index contributed by atoms with van der Waals surface area (Å²) in [5.74, 6) is -0.0548. The number of rotatable bonds is 5. The smallest absolute Gasteiger partial charge is 0.271 e. The maximum Gasteiger partial charge on any atom is 0.271 e. The first-order valence-electron chi connectivity index (χ1n) is 6.73. The lowest BCUT2D eigenvalue weighted by Crippen LogP contribution is -2.22. The third-order valence-corrected chi connectivity index (χ3v) is 3.42. The van der Waals surface area contributed by atoms with Crippen LogP contribution in [0.3, 0.4) is 0 Å². The normalized spacial score (nSPS) is 10.2. The number of hydrogen-bond acceptors (Lipinski definition) is 4. The average Bonchev–Trinajstić information content (AvgIpc) is 2.90. The predicted octanol–water partition coefficient (Wildman–Crippen LogP) is 2.47. The standard InChI is InChI=1S/C14H16ClN5O2S/c1-3-20-7-10(12(19-20)13(16)21)18-14(23)17-9-6-8(15)4-5-11(9)22-2/h4-7H,3H2,1-2H3,(H2,16,21)(H2,17,18,23). The fourth-order valence-electron chi connectivity index (χ4n) is 1.91. The van der Waals surface area contributed by atoms with E-state index in [-0.39, 0.29) is 10.8 Å². The van der Waals surface area contributed by atoms with Gasteiger partial charge < -0.3 is 21.1 Å². The van der Waals surface area contributed by atoms with E-state index in [1.165, 1.54) is 0 Å². The van der Waals surface area contributed by atoms with E-state index in [0.717, 1.165) is 0 Å². The lowest BCUT2D eigenvalue weighted by atomic mass is 10.3. The molecular formula is C14H16ClN5O2S. The lowest BCUT2D eigenvalue weighted by Gasteiger charge is -2.13. The molecule has 4 N–H and O–H groups in total. The molecule has 7 nitrogen and oxygen atoms in total. The summed E-state index contributed by atoms with van der Waals surface area (Å²) in [5.41, 5.74) is 6.47. The summed E-state index contributed by atoms with van der Waals surface area (Å²) in [6.45, 7) is 2.50. The average molecular weight is 354 g/mol. The molecule has 0 aliphatic heterocycles. The van der Waals surface area contributed by atoms with Crippen LogP contribution in [0.1, 0.15) is 17.4 Å². The number of benzene rings is 1. The topological polar surface area (TPSA) is 94.2 Å². The van der Waals surface area contributed by atoms with Crippen LogP contribution in [0.4, 0.5) is 11.4 Å². The fourth-order valence-corrected chi connectivity index (χ4v) is 2.30. The molecule has 1 amide bonds. The molecule has 0 bridgehead atoms. The molecule has 122 valence electrons. The number of amides is 1. The Labute approximate surface area is 143 Å². The van der Waals surface area contributed by atoms with Crippen LogP contribution in [0.5, 0.6) is 5.75 Å². The van der Waals surface area contributed by atoms with Crippen molar-refractivity contribution in [2.24, 2.45) is 5.73 Å². The van der Waals surface area contributed by atoms with Gasteiger partial charge >= 0.3 is 0 Å². The third kappa shape index (κ3) is 4.11. The lowest BCUT2D eigenvalue weighted by molar-refractivity contribution is 0.0995. The highest BCUT2D eigenvalue weighted by molar-refractivity contribution is 7.80. The maximum atomic E-state index is 11.4. The molecule has 0 fully saturated rings. The van der Waals surface area contributed by atoms with Gasteiger partial charge in [-0.1, -0.05) is 11.6 Å². The van der Waals surface area contributed by atoms with E-state index in [0.29, 0.717) is 28.7 Å². The number of halogens is 1. The van der Waals surface area contributed by atoms with E-state index >= 15 is 0 Å². The first kappa shape index (κ1) is 17.0. The molecule has 0 aliphatic rings. The molecule has 0 radical (unpaired) electrons. The van der Waals surface area contributed by atoms with Gasteiger partial charge in [0.2, 0.25) is 0 Å². The van der Waals surface area contributed by atoms with Crippen LogP contribution in [0, 0.1) is 0 Å². The minimum Gasteiger partial charge on any atom is -0.495 e. The molecule has 1 aromatic carbocycles. The highest BCUT2D eigenvalue weighted by atomic mass is 35.5. The SMILES string of the molecule is CCn1cc(NC(=S)Nc2cc(Cl)ccc2OC)c(C(N)=O)n1. The molecule has 9 heteroatoms. The second-order valence-corrected chi connectivity index (χ2v) is 5.38. The van der Waals surface area contributed by atoms with Crippen molar-refractivity contribution in [3.63, 3.8) is 0 Å². The maximum absolute atomic E-state index is 11.4. The van der Waals surface area contributed by atoms with Gasteiger partial charge in [0.25, 0.3) is 5.91 Å². The van der Waals surface area contributed by atoms with E-state index in [2.05, 4.69) is 15.7 Å². The highest BCUT2D eigenvalue weighted by Gasteiger charge is 2.15. The number of ether oxygens (including phenoxy) is 1. The Kier molecular flexibility index (Phi) is 5.41. The number of anilines is 2. The first-order chi connectivity index (χ1) is 10.9. The predicted molar refractivity (Wildman–Crippen MR) is 94.3 cm³/mol. The van der Waals surface area contributed by atoms with E-state index in [1.54, 1.807) is 36.2 Å². The number of aromatic nitrogens is 2. The minimum absolute atomic E-state index is 0.119. The molecule has 23 heavy (non-hydrogen) atoms. The van der Waals surface area contributed by atoms with Crippen molar-refractivity contribution < 1.29 is 9.53 Å². The molecule has 0 aliphatic carbocycles. The van der Waals surface area contributed by atoms with Crippen LogP contribution in [0.25, 0.3) is 0 Å². The number of hydrogen-bond donors (Lipinski definition) is 3. The summed E-state index contributed by atoms with van der Waals surface area (Å²) in [4.78, 5) is 11.4. The van der Waals surface area contributed by atoms with Crippen molar-refractivity contribution >= 4 is 46.2 Å². The quantitative estimate of drug-likeness (QED) is 0.715. The molecule has 0 unspecified atom stereocenters. The van der Waals surface area contributed by atoms with Gasteiger partial charge in [-0.2, -0.15) is 5.10 Å². The number of nitrogens with zero attached hydrogens (tertiary/aromatic N) is 2. The number of nitrogens with one attached hydrogen (secondary N) is 2. The van der Waals surface area contributed by atoms with Gasteiger partial charge in [0.05, 0.1) is 18.5 Å². The number of aryl methyl sites for hydroxylation is 1. The Morgan fingerprint density at radius 2 is 2.13 bits per heavy atom. The molecule has 2 aromatic rings. The van der Waals surface area contributed by atoms with Crippen molar-refractivity contribution in [3.8, 4) is 5.75 Å². The van der Waals surface area contributed by atoms with Crippen LogP contribution in [0.15, 0.2) is 24.4 Å². The molecular weight excluding hydrogens is 338 g/mol. The summed E-state index contributed by atoms with van der Waals surface area (Å²) in [6.07, 6.45) is 1.66. The first-order valence-corrected chi connectivity index (χ1v) is 7.52. The van der Waals surface area contributed by atoms with Gasteiger partial charge in [-0.3, -0.25) is 9.48 Å². The van der Waals surface area contributed by atoms with Crippen LogP contribution in [0.2, 0.25) is 5.02 Å². The fraction of sp³-hybridized carbons (Fsp3) is 0.214. The van der Waals surface area contributed by atoms with Crippen molar-refractivity contribution in [1.29, 1.82) is 0 Å². The van der Waals surface area contributed by atoms with Gasteiger partial charge in [-0.05, 0) is 37.3 Å². The Morgan fingerprint density at radius 1 is 1.43 bits per heavy atom. The number of methoxy groups -OCH3 is 1. The number of carbonyl (C=O) groups is 1. The van der Waals surface area contributed by atoms with Crippen LogP contribution in [-0.2, 0) is 6.54 Å². The second kappa shape index (κ2) is 7.30. The second-order valence-electron chi connectivity index (χ2n) is 4.54. The molecule has 1 heterocycles. The monoisotopic (exact) mass is 353 g/mol. The third-order valence-electron chi connectivity index (χ3n) is 2.98. The zero-order valence-electron chi connectivity index (χ0n) is 12.6. The van der Waals surface area contributed by atoms with E-state index < -0.39 is 5.91 Å². The molecule has 0 spiro atoms. The largest absolute Gasteiger partial charge is 0.495 e. The van der Waals surface area contributed by atoms with E-state index in [4.69, 9.17) is 34.3 Å². The Bertz CT molecular complexity index is 747. The number of carbonyl (C=O) groups excluding carboxylic acids is 1. The zero-order valence-corrected chi connectivity index (χ0v) is 14.2. The van der Waals surface area contributed by atoms with Crippen LogP contribution in [-0.4, -0.2) is 27.9 Å². The minimum atomic E-state index is -0.636. The van der Waals surface area contributed by atoms with Crippen molar-refractivity contribution in [2.45, 2.75) is 13.5 Å². The Balaban J connectivity index is 2.19. The molecule has 1 aromatic heterocycles. The van der Waals surface area contributed by atoms with Gasteiger partial charge in [-0.15, -0.1) is 0 Å². The molecule has 2 rings (SSSR count). The molecule has 0 atom stereocenters. The van der Waals surface area contributed by atoms with Crippen molar-refractivity contribution in [3.05, 3.63) is 35.1 Å². The Morgan fingerprint density at radius 3 is 2.74 bits per heavy atom. The van der Waals surface area contributed by atoms with Gasteiger partial charge in [0.15, 0.2) is 10.8 Å². The summed E-state index contributed by atoms with van der Waals surface area (Å²) < 4.78 is 6.82. The molecule has 0 saturated carbocycles. The molecule has 0 saturated heterocycles. The Hall–Kier alpha value is -2.32. The van der Waals surface area contributed by atoms with Gasteiger partial charge in [-0.25, -0.2) is 0 Å². The summed E-state index contributed by atoms with van der Waals surface area (Å²) in [6, 6.07) is 5.11. The summed E-state index contributed by atoms with van der Waals surface area (Å²) in [5, 5.41) is 10.7. The summed E-state index contributed by atoms with van der Waals surface area (Å²) in [7, 11) is 1.54. The van der Waals surface area contributed by atoms with Gasteiger partial charge in [0.1, 0.15) is 5.75 Å². The van der Waals surface area contributed by atoms with Crippen molar-refractivity contribution in [2.75, 3.05) is 17.7 Å². The highest BCUT2D eigenvalue weighted by Crippen LogP contribution is 2.28. The van der Waals surface area contributed by atoms with Crippen molar-refractivity contribution in [1.82, 2.24) is 9.78 Å². The van der Waals surface area contributed by atoms with E-state index in [9.17, 15) is 4.79 Å². The van der Waals surface area contributed by atoms with Crippen LogP contribution < -0.4 is 21.1 Å².